The normalized spacial score (nSPS) is 16.9. The number of benzene rings is 2. The zero-order valence-electron chi connectivity index (χ0n) is 15.2. The van der Waals surface area contributed by atoms with Crippen molar-refractivity contribution in [2.24, 2.45) is 0 Å². The number of phenols is 2. The molecule has 2 aliphatic rings. The first-order chi connectivity index (χ1) is 13.6. The Bertz CT molecular complexity index is 1180. The van der Waals surface area contributed by atoms with Gasteiger partial charge >= 0.3 is 0 Å². The molecule has 0 amide bonds. The minimum Gasteiger partial charge on any atom is -0.508 e. The number of aromatic hydroxyl groups is 2. The molecule has 28 heavy (non-hydrogen) atoms. The van der Waals surface area contributed by atoms with Gasteiger partial charge in [-0.3, -0.25) is 4.79 Å². The van der Waals surface area contributed by atoms with Crippen molar-refractivity contribution in [3.63, 3.8) is 0 Å². The molecule has 7 nitrogen and oxygen atoms in total. The lowest BCUT2D eigenvalue weighted by atomic mass is 10.1. The molecular weight excluding hydrogens is 360 g/mol. The summed E-state index contributed by atoms with van der Waals surface area (Å²) >= 11 is 0. The Balaban J connectivity index is 1.70. The highest BCUT2D eigenvalue weighted by Crippen LogP contribution is 2.41. The molecule has 5 rings (SSSR count). The molecule has 0 aliphatic carbocycles. The predicted octanol–water partition coefficient (Wildman–Crippen LogP) is 2.78. The number of ether oxygens (including phenoxy) is 2. The van der Waals surface area contributed by atoms with Gasteiger partial charge in [0.2, 0.25) is 5.78 Å². The van der Waals surface area contributed by atoms with Gasteiger partial charge in [-0.2, -0.15) is 0 Å². The molecule has 142 valence electrons. The number of hydrogen-bond acceptors (Lipinski definition) is 6. The van der Waals surface area contributed by atoms with Crippen LogP contribution in [-0.4, -0.2) is 34.2 Å². The van der Waals surface area contributed by atoms with Crippen molar-refractivity contribution in [1.29, 1.82) is 0 Å². The number of methoxy groups -OCH3 is 1. The minimum absolute atomic E-state index is 0.0668. The molecule has 0 saturated carbocycles. The average Bonchev–Trinajstić information content (AvgIpc) is 3.17. The second kappa shape index (κ2) is 6.03. The maximum atomic E-state index is 12.8. The Morgan fingerprint density at radius 2 is 2.11 bits per heavy atom. The summed E-state index contributed by atoms with van der Waals surface area (Å²) in [7, 11) is 1.62. The van der Waals surface area contributed by atoms with E-state index in [2.05, 4.69) is 9.88 Å². The van der Waals surface area contributed by atoms with E-state index in [1.807, 2.05) is 18.2 Å². The number of aromatic nitrogens is 1. The van der Waals surface area contributed by atoms with E-state index in [0.717, 1.165) is 47.1 Å². The number of rotatable bonds is 2. The van der Waals surface area contributed by atoms with Crippen LogP contribution in [0.25, 0.3) is 17.0 Å². The maximum Gasteiger partial charge on any atom is 0.235 e. The summed E-state index contributed by atoms with van der Waals surface area (Å²) in [5, 5.41) is 24.0. The Labute approximate surface area is 160 Å². The molecule has 7 heteroatoms. The topological polar surface area (TPSA) is 93.0 Å². The molecular formula is C21H18N2O5. The zero-order valence-corrected chi connectivity index (χ0v) is 15.2. The monoisotopic (exact) mass is 378 g/mol. The molecule has 2 aliphatic heterocycles. The highest BCUT2D eigenvalue weighted by molar-refractivity contribution is 6.17. The number of carbonyl (C=O) groups is 1. The SMILES string of the molecule is COc1ccc2c(c1)c(/C=C1/Oc3cc(O)cc(O)c3C1=O)c1n2CCNC1. The van der Waals surface area contributed by atoms with Gasteiger partial charge in [0.05, 0.1) is 7.11 Å². The van der Waals surface area contributed by atoms with Crippen LogP contribution >= 0.6 is 0 Å². The standard InChI is InChI=1S/C21H18N2O5/c1-27-12-2-3-15-13(8-12)14(16-10-22-4-5-23(15)16)9-19-21(26)20-17(25)6-11(24)7-18(20)28-19/h2-3,6-9,22,24-25H,4-5,10H2,1H3/b19-9+. The van der Waals surface area contributed by atoms with Crippen LogP contribution in [0.15, 0.2) is 36.1 Å². The lowest BCUT2D eigenvalue weighted by Gasteiger charge is -2.18. The van der Waals surface area contributed by atoms with Crippen molar-refractivity contribution < 1.29 is 24.5 Å². The van der Waals surface area contributed by atoms with E-state index in [0.29, 0.717) is 6.54 Å². The molecule has 2 aromatic carbocycles. The number of ketones is 1. The van der Waals surface area contributed by atoms with Crippen molar-refractivity contribution in [3.05, 3.63) is 52.9 Å². The van der Waals surface area contributed by atoms with Crippen LogP contribution in [0, 0.1) is 0 Å². The summed E-state index contributed by atoms with van der Waals surface area (Å²) in [4.78, 5) is 12.8. The number of nitrogens with one attached hydrogen (secondary N) is 1. The van der Waals surface area contributed by atoms with E-state index < -0.39 is 5.78 Å². The number of allylic oxidation sites excluding steroid dienone is 1. The Morgan fingerprint density at radius 1 is 1.25 bits per heavy atom. The summed E-state index contributed by atoms with van der Waals surface area (Å²) in [6, 6.07) is 8.34. The van der Waals surface area contributed by atoms with Crippen LogP contribution in [0.2, 0.25) is 0 Å². The fourth-order valence-electron chi connectivity index (χ4n) is 3.95. The third-order valence-electron chi connectivity index (χ3n) is 5.24. The van der Waals surface area contributed by atoms with Gasteiger partial charge in [-0.15, -0.1) is 0 Å². The van der Waals surface area contributed by atoms with Gasteiger partial charge in [0.1, 0.15) is 28.6 Å². The molecule has 0 radical (unpaired) electrons. The molecule has 0 fully saturated rings. The Morgan fingerprint density at radius 3 is 2.93 bits per heavy atom. The number of fused-ring (bicyclic) bond motifs is 4. The number of carbonyl (C=O) groups excluding carboxylic acids is 1. The van der Waals surface area contributed by atoms with Gasteiger partial charge < -0.3 is 29.6 Å². The van der Waals surface area contributed by atoms with Gasteiger partial charge in [0.15, 0.2) is 5.76 Å². The first-order valence-corrected chi connectivity index (χ1v) is 8.97. The third-order valence-corrected chi connectivity index (χ3v) is 5.24. The molecule has 3 N–H and O–H groups in total. The maximum absolute atomic E-state index is 12.8. The van der Waals surface area contributed by atoms with Gasteiger partial charge in [-0.05, 0) is 24.3 Å². The molecule has 0 bridgehead atoms. The largest absolute Gasteiger partial charge is 0.508 e. The molecule has 1 aromatic heterocycles. The van der Waals surface area contributed by atoms with Gasteiger partial charge in [0, 0.05) is 53.9 Å². The summed E-state index contributed by atoms with van der Waals surface area (Å²) in [6.45, 7) is 2.36. The van der Waals surface area contributed by atoms with Crippen molar-refractivity contribution in [2.45, 2.75) is 13.1 Å². The molecule has 0 spiro atoms. The summed E-state index contributed by atoms with van der Waals surface area (Å²) in [5.41, 5.74) is 3.06. The smallest absolute Gasteiger partial charge is 0.235 e. The number of hydrogen-bond donors (Lipinski definition) is 3. The second-order valence-corrected chi connectivity index (χ2v) is 6.85. The lowest BCUT2D eigenvalue weighted by Crippen LogP contribution is -2.28. The number of nitrogens with zero attached hydrogens (tertiary/aromatic N) is 1. The predicted molar refractivity (Wildman–Crippen MR) is 103 cm³/mol. The first kappa shape index (κ1) is 16.7. The van der Waals surface area contributed by atoms with Gasteiger partial charge in [-0.25, -0.2) is 0 Å². The highest BCUT2D eigenvalue weighted by atomic mass is 16.5. The molecule has 3 heterocycles. The van der Waals surface area contributed by atoms with Crippen molar-refractivity contribution >= 4 is 22.8 Å². The highest BCUT2D eigenvalue weighted by Gasteiger charge is 2.32. The van der Waals surface area contributed by atoms with E-state index in [9.17, 15) is 15.0 Å². The summed E-state index contributed by atoms with van der Waals surface area (Å²) < 4.78 is 13.3. The quantitative estimate of drug-likeness (QED) is 0.594. The minimum atomic E-state index is -0.410. The first-order valence-electron chi connectivity index (χ1n) is 8.97. The van der Waals surface area contributed by atoms with E-state index in [1.165, 1.54) is 6.07 Å². The van der Waals surface area contributed by atoms with E-state index >= 15 is 0 Å². The third kappa shape index (κ3) is 2.36. The fraction of sp³-hybridized carbons (Fsp3) is 0.190. The molecule has 0 unspecified atom stereocenters. The van der Waals surface area contributed by atoms with Gasteiger partial charge in [-0.1, -0.05) is 0 Å². The van der Waals surface area contributed by atoms with E-state index in [-0.39, 0.29) is 28.6 Å². The van der Waals surface area contributed by atoms with Gasteiger partial charge in [0.25, 0.3) is 0 Å². The van der Waals surface area contributed by atoms with Crippen LogP contribution in [0.5, 0.6) is 23.0 Å². The van der Waals surface area contributed by atoms with Crippen LogP contribution in [0.1, 0.15) is 21.6 Å². The van der Waals surface area contributed by atoms with Crippen LogP contribution < -0.4 is 14.8 Å². The van der Waals surface area contributed by atoms with Crippen LogP contribution in [0.4, 0.5) is 0 Å². The Hall–Kier alpha value is -3.45. The van der Waals surface area contributed by atoms with Crippen LogP contribution in [-0.2, 0) is 13.1 Å². The second-order valence-electron chi connectivity index (χ2n) is 6.85. The van der Waals surface area contributed by atoms with Crippen molar-refractivity contribution in [1.82, 2.24) is 9.88 Å². The molecule has 3 aromatic rings. The summed E-state index contributed by atoms with van der Waals surface area (Å²) in [5.74, 6) is 0.128. The fourth-order valence-corrected chi connectivity index (χ4v) is 3.95. The Kier molecular flexibility index (Phi) is 3.60. The van der Waals surface area contributed by atoms with Crippen LogP contribution in [0.3, 0.4) is 0 Å². The van der Waals surface area contributed by atoms with E-state index in [1.54, 1.807) is 13.2 Å². The van der Waals surface area contributed by atoms with Crippen molar-refractivity contribution in [3.8, 4) is 23.0 Å². The lowest BCUT2D eigenvalue weighted by molar-refractivity contribution is 0.101. The van der Waals surface area contributed by atoms with Crippen molar-refractivity contribution in [2.75, 3.05) is 13.7 Å². The number of Topliss-reactive ketones (excluding diaryl/α,β-unsaturated/α-hetero) is 1. The molecule has 0 atom stereocenters. The number of phenolic OH excluding ortho intramolecular Hbond substituents is 2. The van der Waals surface area contributed by atoms with E-state index in [4.69, 9.17) is 9.47 Å². The zero-order chi connectivity index (χ0) is 19.4. The summed E-state index contributed by atoms with van der Waals surface area (Å²) in [6.07, 6.45) is 1.71. The average molecular weight is 378 g/mol. The molecule has 0 saturated heterocycles.